The van der Waals surface area contributed by atoms with Gasteiger partial charge < -0.3 is 4.98 Å². The minimum absolute atomic E-state index is 0.00560. The maximum Gasteiger partial charge on any atom is 0.270 e. The van der Waals surface area contributed by atoms with Gasteiger partial charge in [0.1, 0.15) is 10.7 Å². The van der Waals surface area contributed by atoms with E-state index in [0.717, 1.165) is 16.4 Å². The summed E-state index contributed by atoms with van der Waals surface area (Å²) in [5.74, 6) is 0.447. The molecule has 0 amide bonds. The molecule has 0 spiro atoms. The van der Waals surface area contributed by atoms with E-state index in [1.165, 1.54) is 19.3 Å². The zero-order valence-corrected chi connectivity index (χ0v) is 12.4. The number of aromatic amines is 1. The molecule has 0 aliphatic rings. The van der Waals surface area contributed by atoms with Crippen LogP contribution in [0.5, 0.6) is 0 Å². The number of nitrogens with one attached hydrogen (secondary N) is 1. The largest absolute Gasteiger partial charge is 0.347 e. The Morgan fingerprint density at radius 3 is 2.76 bits per heavy atom. The predicted octanol–water partition coefficient (Wildman–Crippen LogP) is 1.79. The molecule has 0 radical (unpaired) electrons. The molecule has 0 fully saturated rings. The van der Waals surface area contributed by atoms with Crippen molar-refractivity contribution in [3.63, 3.8) is 0 Å². The van der Waals surface area contributed by atoms with Crippen molar-refractivity contribution in [1.29, 1.82) is 0 Å². The van der Waals surface area contributed by atoms with E-state index in [9.17, 15) is 18.5 Å². The summed E-state index contributed by atoms with van der Waals surface area (Å²) in [7, 11) is -2.62. The topological polar surface area (TPSA) is 109 Å². The molecular formula is C11H11ClN4O4S. The number of H-pyrrole nitrogens is 1. The monoisotopic (exact) mass is 330 g/mol. The van der Waals surface area contributed by atoms with Gasteiger partial charge in [0.15, 0.2) is 0 Å². The number of imidazole rings is 1. The number of benzene rings is 1. The van der Waals surface area contributed by atoms with Crippen LogP contribution < -0.4 is 0 Å². The van der Waals surface area contributed by atoms with Gasteiger partial charge in [-0.2, -0.15) is 4.31 Å². The van der Waals surface area contributed by atoms with Crippen molar-refractivity contribution in [3.8, 4) is 0 Å². The van der Waals surface area contributed by atoms with E-state index in [2.05, 4.69) is 9.97 Å². The van der Waals surface area contributed by atoms with Gasteiger partial charge in [-0.05, 0) is 6.07 Å². The maximum atomic E-state index is 12.4. The molecule has 8 nitrogen and oxygen atoms in total. The predicted molar refractivity (Wildman–Crippen MR) is 75.3 cm³/mol. The molecule has 0 aliphatic heterocycles. The van der Waals surface area contributed by atoms with Crippen LogP contribution in [0, 0.1) is 10.1 Å². The van der Waals surface area contributed by atoms with Gasteiger partial charge in [0.25, 0.3) is 5.69 Å². The van der Waals surface area contributed by atoms with E-state index in [0.29, 0.717) is 5.82 Å². The Balaban J connectivity index is 2.38. The lowest BCUT2D eigenvalue weighted by molar-refractivity contribution is -0.385. The van der Waals surface area contributed by atoms with E-state index >= 15 is 0 Å². The Morgan fingerprint density at radius 2 is 2.19 bits per heavy atom. The number of hydrogen-bond donors (Lipinski definition) is 1. The first-order chi connectivity index (χ1) is 9.82. The lowest BCUT2D eigenvalue weighted by Gasteiger charge is -2.16. The Labute approximate surface area is 125 Å². The molecule has 21 heavy (non-hydrogen) atoms. The first-order valence-corrected chi connectivity index (χ1v) is 7.52. The maximum absolute atomic E-state index is 12.4. The third kappa shape index (κ3) is 3.20. The van der Waals surface area contributed by atoms with Crippen molar-refractivity contribution in [3.05, 3.63) is 51.6 Å². The van der Waals surface area contributed by atoms with Crippen LogP contribution in [0.2, 0.25) is 5.02 Å². The molecule has 1 N–H and O–H groups in total. The number of rotatable bonds is 5. The molecule has 0 atom stereocenters. The molecule has 0 saturated heterocycles. The summed E-state index contributed by atoms with van der Waals surface area (Å²) in [5, 5.41) is 10.7. The summed E-state index contributed by atoms with van der Waals surface area (Å²) < 4.78 is 25.9. The second-order valence-corrected chi connectivity index (χ2v) is 6.59. The van der Waals surface area contributed by atoms with E-state index in [4.69, 9.17) is 11.6 Å². The van der Waals surface area contributed by atoms with Crippen LogP contribution in [0.1, 0.15) is 5.82 Å². The highest BCUT2D eigenvalue weighted by Crippen LogP contribution is 2.28. The van der Waals surface area contributed by atoms with E-state index in [1.807, 2.05) is 0 Å². The van der Waals surface area contributed by atoms with Crippen LogP contribution in [0.3, 0.4) is 0 Å². The standard InChI is InChI=1S/C11H11ClN4O4S/c1-15(7-11-13-4-5-14-11)21(19,20)10-6-8(16(17)18)2-3-9(10)12/h2-6H,7H2,1H3,(H,13,14). The van der Waals surface area contributed by atoms with E-state index in [1.54, 1.807) is 6.20 Å². The summed E-state index contributed by atoms with van der Waals surface area (Å²) in [6.45, 7) is -0.00560. The number of halogens is 1. The molecule has 0 unspecified atom stereocenters. The van der Waals surface area contributed by atoms with Crippen molar-refractivity contribution in [1.82, 2.24) is 14.3 Å². The molecule has 112 valence electrons. The first-order valence-electron chi connectivity index (χ1n) is 5.71. The molecule has 10 heteroatoms. The fourth-order valence-electron chi connectivity index (χ4n) is 1.65. The Kier molecular flexibility index (Phi) is 4.26. The highest BCUT2D eigenvalue weighted by molar-refractivity contribution is 7.89. The Hall–Kier alpha value is -1.97. The van der Waals surface area contributed by atoms with Crippen LogP contribution in [0.25, 0.3) is 0 Å². The Morgan fingerprint density at radius 1 is 1.48 bits per heavy atom. The summed E-state index contributed by atoms with van der Waals surface area (Å²) in [4.78, 5) is 16.5. The quantitative estimate of drug-likeness (QED) is 0.664. The Bertz CT molecular complexity index is 761. The summed E-state index contributed by atoms with van der Waals surface area (Å²) in [5.41, 5.74) is -0.343. The van der Waals surface area contributed by atoms with Gasteiger partial charge in [-0.1, -0.05) is 11.6 Å². The number of nitro benzene ring substituents is 1. The number of non-ortho nitro benzene ring substituents is 1. The fourth-order valence-corrected chi connectivity index (χ4v) is 3.27. The number of nitro groups is 1. The smallest absolute Gasteiger partial charge is 0.270 e. The van der Waals surface area contributed by atoms with Gasteiger partial charge in [0, 0.05) is 31.6 Å². The third-order valence-corrected chi connectivity index (χ3v) is 5.03. The van der Waals surface area contributed by atoms with Crippen molar-refractivity contribution in [2.45, 2.75) is 11.4 Å². The average Bonchev–Trinajstić information content (AvgIpc) is 2.91. The lowest BCUT2D eigenvalue weighted by atomic mass is 10.3. The zero-order valence-electron chi connectivity index (χ0n) is 10.9. The highest BCUT2D eigenvalue weighted by atomic mass is 35.5. The summed E-state index contributed by atoms with van der Waals surface area (Å²) in [6.07, 6.45) is 3.06. The molecular weight excluding hydrogens is 320 g/mol. The number of sulfonamides is 1. The number of nitrogens with zero attached hydrogens (tertiary/aromatic N) is 3. The summed E-state index contributed by atoms with van der Waals surface area (Å²) in [6, 6.07) is 3.28. The van der Waals surface area contributed by atoms with Crippen LogP contribution >= 0.6 is 11.6 Å². The molecule has 0 bridgehead atoms. The minimum Gasteiger partial charge on any atom is -0.347 e. The molecule has 0 saturated carbocycles. The molecule has 2 aromatic rings. The molecule has 1 heterocycles. The second kappa shape index (κ2) is 5.80. The molecule has 2 rings (SSSR count). The fraction of sp³-hybridized carbons (Fsp3) is 0.182. The van der Waals surface area contributed by atoms with Crippen molar-refractivity contribution in [2.24, 2.45) is 0 Å². The third-order valence-electron chi connectivity index (χ3n) is 2.74. The zero-order chi connectivity index (χ0) is 15.6. The van der Waals surface area contributed by atoms with Crippen LogP contribution in [0.15, 0.2) is 35.5 Å². The van der Waals surface area contributed by atoms with Gasteiger partial charge in [0.05, 0.1) is 16.5 Å². The van der Waals surface area contributed by atoms with Crippen LogP contribution in [0.4, 0.5) is 5.69 Å². The number of aromatic nitrogens is 2. The SMILES string of the molecule is CN(Cc1ncc[nH]1)S(=O)(=O)c1cc([N+](=O)[O-])ccc1Cl. The van der Waals surface area contributed by atoms with Crippen LogP contribution in [-0.4, -0.2) is 34.7 Å². The molecule has 0 aliphatic carbocycles. The van der Waals surface area contributed by atoms with Crippen LogP contribution in [-0.2, 0) is 16.6 Å². The lowest BCUT2D eigenvalue weighted by Crippen LogP contribution is -2.27. The van der Waals surface area contributed by atoms with Gasteiger partial charge in [-0.25, -0.2) is 13.4 Å². The van der Waals surface area contributed by atoms with Gasteiger partial charge in [0.2, 0.25) is 10.0 Å². The molecule has 1 aromatic heterocycles. The normalized spacial score (nSPS) is 11.8. The molecule has 1 aromatic carbocycles. The highest BCUT2D eigenvalue weighted by Gasteiger charge is 2.26. The van der Waals surface area contributed by atoms with Crippen molar-refractivity contribution < 1.29 is 13.3 Å². The summed E-state index contributed by atoms with van der Waals surface area (Å²) >= 11 is 5.86. The van der Waals surface area contributed by atoms with Crippen molar-refractivity contribution in [2.75, 3.05) is 7.05 Å². The van der Waals surface area contributed by atoms with Gasteiger partial charge in [-0.3, -0.25) is 10.1 Å². The second-order valence-electron chi connectivity index (χ2n) is 4.17. The van der Waals surface area contributed by atoms with E-state index < -0.39 is 14.9 Å². The van der Waals surface area contributed by atoms with E-state index in [-0.39, 0.29) is 22.2 Å². The average molecular weight is 331 g/mol. The van der Waals surface area contributed by atoms with Gasteiger partial charge in [-0.15, -0.1) is 0 Å². The first kappa shape index (κ1) is 15.4. The number of hydrogen-bond acceptors (Lipinski definition) is 5. The minimum atomic E-state index is -3.96. The van der Waals surface area contributed by atoms with Crippen molar-refractivity contribution >= 4 is 27.3 Å². The van der Waals surface area contributed by atoms with Gasteiger partial charge >= 0.3 is 0 Å².